The number of carbonyl (C=O) groups excluding carboxylic acids is 1. The molecule has 0 saturated carbocycles. The number of nitrogens with zero attached hydrogens (tertiary/aromatic N) is 1. The van der Waals surface area contributed by atoms with Gasteiger partial charge in [-0.15, -0.1) is 11.8 Å². The van der Waals surface area contributed by atoms with Crippen LogP contribution in [0.25, 0.3) is 0 Å². The number of hydrogen-bond donors (Lipinski definition) is 3. The quantitative estimate of drug-likeness (QED) is 0.0100. The number of carbonyl (C=O) groups is 2. The second-order valence-corrected chi connectivity index (χ2v) is 20.0. The molecule has 0 aromatic carbocycles. The molecule has 0 aliphatic rings. The lowest BCUT2D eigenvalue weighted by Crippen LogP contribution is -2.40. The fourth-order valence-electron chi connectivity index (χ4n) is 6.23. The molecule has 0 radical (unpaired) electrons. The molecule has 0 aromatic heterocycles. The number of aliphatic hydroxyl groups excluding tert-OH is 1. The smallest absolute Gasteiger partial charge is 0.324 e. The number of aliphatic hydroxyl groups is 1. The van der Waals surface area contributed by atoms with Crippen molar-refractivity contribution in [2.45, 2.75) is 185 Å². The van der Waals surface area contributed by atoms with Gasteiger partial charge in [0.15, 0.2) is 6.10 Å². The average molecular weight is 929 g/mol. The molecular weight excluding hydrogens is 840 g/mol. The Kier molecular flexibility index (Phi) is 39.8. The summed E-state index contributed by atoms with van der Waals surface area (Å²) in [7, 11) is 1.02. The zero-order valence-corrected chi connectivity index (χ0v) is 41.6. The van der Waals surface area contributed by atoms with E-state index in [1.165, 1.54) is 114 Å². The molecule has 0 bridgehead atoms. The standard InChI is InChI=1S/C49H89N2O10PS/c1-6-8-10-12-14-16-18-20-21-22-23-25-27-29-31-33-39-58-41-44(42-60-62(56,57)59-40-38-51(3,4)5)61-49(55)45(50)43-63-47(46(52)35-34-37-48(53)54)36-32-30-28-26-24-19-17-15-13-11-9-7-2/h15,17,24,26,28,30,32-33,36,39,44-47,52H,6-14,16,18-23,25,27,29,31,34-35,37-38,40-43,50H2,1-5H3,(H-,53,54,56,57)/b17-15-,26-24-,30-28+,36-32+,39-33+/t44-,45+,46+,47-/m1/s1. The molecule has 0 saturated heterocycles. The van der Waals surface area contributed by atoms with Gasteiger partial charge < -0.3 is 43.8 Å². The first kappa shape index (κ1) is 60.8. The van der Waals surface area contributed by atoms with Crippen LogP contribution in [-0.2, 0) is 32.7 Å². The van der Waals surface area contributed by atoms with E-state index in [0.717, 1.165) is 32.1 Å². The van der Waals surface area contributed by atoms with E-state index in [0.29, 0.717) is 11.0 Å². The van der Waals surface area contributed by atoms with Crippen molar-refractivity contribution in [2.24, 2.45) is 5.73 Å². The van der Waals surface area contributed by atoms with E-state index in [1.807, 2.05) is 45.4 Å². The Morgan fingerprint density at radius 3 is 1.94 bits per heavy atom. The monoisotopic (exact) mass is 929 g/mol. The van der Waals surface area contributed by atoms with Crippen LogP contribution in [0.5, 0.6) is 0 Å². The van der Waals surface area contributed by atoms with Crippen LogP contribution in [0.2, 0.25) is 0 Å². The van der Waals surface area contributed by atoms with Gasteiger partial charge in [0.2, 0.25) is 0 Å². The summed E-state index contributed by atoms with van der Waals surface area (Å²) < 4.78 is 34.5. The van der Waals surface area contributed by atoms with Crippen molar-refractivity contribution in [3.8, 4) is 0 Å². The van der Waals surface area contributed by atoms with Gasteiger partial charge in [-0.1, -0.05) is 159 Å². The number of carboxylic acid groups (broad SMARTS) is 1. The van der Waals surface area contributed by atoms with Crippen LogP contribution in [0.3, 0.4) is 0 Å². The minimum atomic E-state index is -4.70. The van der Waals surface area contributed by atoms with Crippen molar-refractivity contribution in [3.63, 3.8) is 0 Å². The summed E-state index contributed by atoms with van der Waals surface area (Å²) in [4.78, 5) is 36.8. The number of thioether (sulfide) groups is 1. The molecule has 14 heteroatoms. The Labute approximate surface area is 387 Å². The number of rotatable bonds is 44. The molecule has 0 aliphatic heterocycles. The Bertz CT molecular complexity index is 1320. The van der Waals surface area contributed by atoms with Gasteiger partial charge in [0.25, 0.3) is 7.82 Å². The Hall–Kier alpha value is -2.22. The molecule has 0 aromatic rings. The Morgan fingerprint density at radius 2 is 1.32 bits per heavy atom. The minimum Gasteiger partial charge on any atom is -0.756 e. The van der Waals surface area contributed by atoms with E-state index in [1.54, 1.807) is 12.2 Å². The van der Waals surface area contributed by atoms with Crippen molar-refractivity contribution in [2.75, 3.05) is 53.3 Å². The lowest BCUT2D eigenvalue weighted by molar-refractivity contribution is -0.870. The molecule has 0 aliphatic carbocycles. The third-order valence-corrected chi connectivity index (χ3v) is 12.5. The van der Waals surface area contributed by atoms with Gasteiger partial charge in [0.1, 0.15) is 25.8 Å². The predicted molar refractivity (Wildman–Crippen MR) is 259 cm³/mol. The number of esters is 1. The van der Waals surface area contributed by atoms with E-state index in [2.05, 4.69) is 32.1 Å². The lowest BCUT2D eigenvalue weighted by atomic mass is 10.0. The number of carboxylic acids is 1. The molecule has 0 rings (SSSR count). The number of quaternary nitrogens is 1. The van der Waals surface area contributed by atoms with Gasteiger partial charge >= 0.3 is 11.9 Å². The molecule has 0 heterocycles. The zero-order valence-electron chi connectivity index (χ0n) is 39.9. The lowest BCUT2D eigenvalue weighted by Gasteiger charge is -2.28. The first-order valence-electron chi connectivity index (χ1n) is 24.0. The highest BCUT2D eigenvalue weighted by atomic mass is 32.2. The maximum atomic E-state index is 13.2. The first-order chi connectivity index (χ1) is 30.2. The van der Waals surface area contributed by atoms with Crippen LogP contribution in [0.4, 0.5) is 0 Å². The molecule has 0 spiro atoms. The molecule has 0 amide bonds. The number of likely N-dealkylation sites (N-methyl/N-ethyl adjacent to an activating group) is 1. The van der Waals surface area contributed by atoms with E-state index in [-0.39, 0.29) is 38.2 Å². The van der Waals surface area contributed by atoms with Crippen LogP contribution in [0.15, 0.2) is 60.9 Å². The van der Waals surface area contributed by atoms with Gasteiger partial charge in [0, 0.05) is 17.4 Å². The fraction of sp³-hybridized carbons (Fsp3) is 0.755. The summed E-state index contributed by atoms with van der Waals surface area (Å²) in [6.45, 7) is 4.12. The van der Waals surface area contributed by atoms with Gasteiger partial charge in [-0.3, -0.25) is 14.2 Å². The fourth-order valence-corrected chi connectivity index (χ4v) is 8.08. The topological polar surface area (TPSA) is 178 Å². The Morgan fingerprint density at radius 1 is 0.746 bits per heavy atom. The second kappa shape index (κ2) is 41.2. The largest absolute Gasteiger partial charge is 0.756 e. The number of ether oxygens (including phenoxy) is 2. The molecule has 63 heavy (non-hydrogen) atoms. The summed E-state index contributed by atoms with van der Waals surface area (Å²) in [5.74, 6) is -1.66. The summed E-state index contributed by atoms with van der Waals surface area (Å²) in [5, 5.41) is 19.5. The zero-order chi connectivity index (χ0) is 46.9. The van der Waals surface area contributed by atoms with Gasteiger partial charge in [-0.2, -0.15) is 0 Å². The molecule has 4 N–H and O–H groups in total. The maximum Gasteiger partial charge on any atom is 0.324 e. The molecule has 1 unspecified atom stereocenters. The minimum absolute atomic E-state index is 0.0692. The van der Waals surface area contributed by atoms with Crippen LogP contribution < -0.4 is 10.6 Å². The van der Waals surface area contributed by atoms with Crippen molar-refractivity contribution in [3.05, 3.63) is 60.9 Å². The first-order valence-corrected chi connectivity index (χ1v) is 26.5. The van der Waals surface area contributed by atoms with Gasteiger partial charge in [0.05, 0.1) is 40.1 Å². The number of nitrogens with two attached hydrogens (primary N) is 1. The highest BCUT2D eigenvalue weighted by Crippen LogP contribution is 2.38. The van der Waals surface area contributed by atoms with E-state index < -0.39 is 49.9 Å². The number of phosphoric ester groups is 1. The normalized spacial score (nSPS) is 15.5. The van der Waals surface area contributed by atoms with Crippen molar-refractivity contribution < 1.29 is 52.3 Å². The molecule has 0 fully saturated rings. The van der Waals surface area contributed by atoms with Crippen LogP contribution in [-0.4, -0.2) is 103 Å². The number of unbranched alkanes of at least 4 members (excludes halogenated alkanes) is 17. The maximum absolute atomic E-state index is 13.2. The molecule has 5 atom stereocenters. The SMILES string of the molecule is CCCCC/C=C\C\C=C/C=C/C=C/[C@@H](SC[C@H](N)C(=O)O[C@H](CO/C=C/CCCCCCCCCCCCCCCC)COP(=O)([O-])OCC[N+](C)(C)C)[C@@H](O)CCCC(=O)O. The average Bonchev–Trinajstić information content (AvgIpc) is 3.22. The van der Waals surface area contributed by atoms with Crippen LogP contribution in [0.1, 0.15) is 162 Å². The van der Waals surface area contributed by atoms with Crippen molar-refractivity contribution >= 4 is 31.5 Å². The molecule has 12 nitrogen and oxygen atoms in total. The van der Waals surface area contributed by atoms with Gasteiger partial charge in [-0.05, 0) is 51.0 Å². The number of aliphatic carboxylic acids is 1. The number of allylic oxidation sites excluding steroid dienone is 8. The van der Waals surface area contributed by atoms with E-state index >= 15 is 0 Å². The third kappa shape index (κ3) is 42.2. The van der Waals surface area contributed by atoms with Crippen LogP contribution >= 0.6 is 19.6 Å². The molecule has 366 valence electrons. The van der Waals surface area contributed by atoms with Crippen molar-refractivity contribution in [1.29, 1.82) is 0 Å². The number of hydrogen-bond acceptors (Lipinski definition) is 11. The Balaban J connectivity index is 5.18. The highest BCUT2D eigenvalue weighted by Gasteiger charge is 2.26. The third-order valence-electron chi connectivity index (χ3n) is 10.1. The van der Waals surface area contributed by atoms with E-state index in [9.17, 15) is 24.2 Å². The number of phosphoric acid groups is 1. The summed E-state index contributed by atoms with van der Waals surface area (Å²) in [5.41, 5.74) is 6.26. The summed E-state index contributed by atoms with van der Waals surface area (Å²) >= 11 is 1.24. The second-order valence-electron chi connectivity index (χ2n) is 17.4. The van der Waals surface area contributed by atoms with Gasteiger partial charge in [-0.25, -0.2) is 0 Å². The summed E-state index contributed by atoms with van der Waals surface area (Å²) in [6, 6.07) is -1.12. The van der Waals surface area contributed by atoms with E-state index in [4.69, 9.17) is 29.4 Å². The van der Waals surface area contributed by atoms with Crippen molar-refractivity contribution in [1.82, 2.24) is 0 Å². The highest BCUT2D eigenvalue weighted by molar-refractivity contribution is 8.00. The summed E-state index contributed by atoms with van der Waals surface area (Å²) in [6.07, 6.45) is 42.1. The predicted octanol–water partition coefficient (Wildman–Crippen LogP) is 10.7. The molecular formula is C49H89N2O10PS. The van der Waals surface area contributed by atoms with Crippen LogP contribution in [0, 0.1) is 0 Å².